The maximum atomic E-state index is 10.6. The van der Waals surface area contributed by atoms with Crippen LogP contribution in [0.15, 0.2) is 0 Å². The smallest absolute Gasteiger partial charge is 0.132 e. The second-order valence-corrected chi connectivity index (χ2v) is 4.50. The number of hydrogen-bond acceptors (Lipinski definition) is 4. The minimum absolute atomic E-state index is 0.0764. The van der Waals surface area contributed by atoms with E-state index in [2.05, 4.69) is 6.92 Å². The summed E-state index contributed by atoms with van der Waals surface area (Å²) >= 11 is 0. The van der Waals surface area contributed by atoms with E-state index in [4.69, 9.17) is 9.47 Å². The summed E-state index contributed by atoms with van der Waals surface area (Å²) in [6.07, 6.45) is 3.36. The first kappa shape index (κ1) is 19.6. The van der Waals surface area contributed by atoms with Crippen molar-refractivity contribution in [3.63, 3.8) is 0 Å². The second kappa shape index (κ2) is 12.7. The molecule has 18 heavy (non-hydrogen) atoms. The van der Waals surface area contributed by atoms with Crippen molar-refractivity contribution in [1.82, 2.24) is 0 Å². The third kappa shape index (κ3) is 15.3. The van der Waals surface area contributed by atoms with Gasteiger partial charge in [0.05, 0.1) is 12.2 Å². The molecule has 0 aromatic rings. The van der Waals surface area contributed by atoms with Crippen LogP contribution in [0.5, 0.6) is 0 Å². The van der Waals surface area contributed by atoms with Crippen molar-refractivity contribution in [3.8, 4) is 0 Å². The number of hydrogen-bond donors (Lipinski definition) is 0. The van der Waals surface area contributed by atoms with Crippen molar-refractivity contribution in [1.29, 1.82) is 0 Å². The minimum atomic E-state index is 0.0764. The van der Waals surface area contributed by atoms with Gasteiger partial charge in [0.25, 0.3) is 0 Å². The van der Waals surface area contributed by atoms with Crippen LogP contribution in [0.3, 0.4) is 0 Å². The van der Waals surface area contributed by atoms with Gasteiger partial charge in [0.1, 0.15) is 11.6 Å². The standard InChI is InChI=1S/C8H16O2.C6H12O2/c1-4-5-8(10-3)6-7(2)9;1-5(7)4-6(2)8-3/h8H,4-6H2,1-3H3;6H,4H2,1-3H3. The lowest BCUT2D eigenvalue weighted by molar-refractivity contribution is -0.120. The molecule has 0 N–H and O–H groups in total. The van der Waals surface area contributed by atoms with E-state index in [0.717, 1.165) is 12.8 Å². The van der Waals surface area contributed by atoms with Gasteiger partial charge in [0, 0.05) is 27.1 Å². The summed E-state index contributed by atoms with van der Waals surface area (Å²) in [6, 6.07) is 0. The Kier molecular flexibility index (Phi) is 13.8. The van der Waals surface area contributed by atoms with E-state index in [1.165, 1.54) is 0 Å². The molecular formula is C14H28O4. The molecular weight excluding hydrogens is 232 g/mol. The first-order valence-corrected chi connectivity index (χ1v) is 6.41. The molecule has 0 radical (unpaired) electrons. The molecule has 0 saturated carbocycles. The average Bonchev–Trinajstić information content (AvgIpc) is 2.27. The zero-order valence-electron chi connectivity index (χ0n) is 12.6. The molecule has 0 aromatic carbocycles. The van der Waals surface area contributed by atoms with Crippen LogP contribution in [0, 0.1) is 0 Å². The van der Waals surface area contributed by atoms with E-state index in [0.29, 0.717) is 12.8 Å². The van der Waals surface area contributed by atoms with Gasteiger partial charge < -0.3 is 9.47 Å². The van der Waals surface area contributed by atoms with E-state index in [1.54, 1.807) is 28.1 Å². The Bertz CT molecular complexity index is 226. The van der Waals surface area contributed by atoms with Gasteiger partial charge in [0.15, 0.2) is 0 Å². The average molecular weight is 260 g/mol. The fourth-order valence-corrected chi connectivity index (χ4v) is 1.43. The Morgan fingerprint density at radius 2 is 1.50 bits per heavy atom. The lowest BCUT2D eigenvalue weighted by atomic mass is 10.1. The first-order valence-electron chi connectivity index (χ1n) is 6.41. The number of carbonyl (C=O) groups is 2. The van der Waals surface area contributed by atoms with Gasteiger partial charge in [-0.05, 0) is 27.2 Å². The second-order valence-electron chi connectivity index (χ2n) is 4.50. The zero-order chi connectivity index (χ0) is 14.6. The third-order valence-corrected chi connectivity index (χ3v) is 2.44. The monoisotopic (exact) mass is 260 g/mol. The molecule has 0 amide bonds. The summed E-state index contributed by atoms with van der Waals surface area (Å²) < 4.78 is 9.92. The molecule has 0 aliphatic rings. The van der Waals surface area contributed by atoms with Crippen LogP contribution in [0.1, 0.15) is 53.4 Å². The summed E-state index contributed by atoms with van der Waals surface area (Å²) in [5.74, 6) is 0.389. The van der Waals surface area contributed by atoms with E-state index in [9.17, 15) is 9.59 Å². The highest BCUT2D eigenvalue weighted by Crippen LogP contribution is 2.05. The minimum Gasteiger partial charge on any atom is -0.381 e. The summed E-state index contributed by atoms with van der Waals surface area (Å²) in [7, 11) is 3.26. The Balaban J connectivity index is 0. The molecule has 0 aliphatic carbocycles. The highest BCUT2D eigenvalue weighted by molar-refractivity contribution is 5.76. The van der Waals surface area contributed by atoms with Crippen molar-refractivity contribution < 1.29 is 19.1 Å². The van der Waals surface area contributed by atoms with Crippen molar-refractivity contribution >= 4 is 11.6 Å². The van der Waals surface area contributed by atoms with E-state index in [-0.39, 0.29) is 23.8 Å². The van der Waals surface area contributed by atoms with Crippen LogP contribution in [-0.2, 0) is 19.1 Å². The molecule has 0 bridgehead atoms. The highest BCUT2D eigenvalue weighted by atomic mass is 16.5. The number of rotatable bonds is 8. The SMILES string of the molecule is CCCC(CC(C)=O)OC.COC(C)CC(C)=O. The third-order valence-electron chi connectivity index (χ3n) is 2.44. The normalized spacial score (nSPS) is 13.2. The van der Waals surface area contributed by atoms with Gasteiger partial charge in [-0.2, -0.15) is 0 Å². The number of methoxy groups -OCH3 is 2. The summed E-state index contributed by atoms with van der Waals surface area (Å²) in [4.78, 5) is 20.9. The maximum Gasteiger partial charge on any atom is 0.132 e. The first-order chi connectivity index (χ1) is 8.37. The van der Waals surface area contributed by atoms with Crippen LogP contribution in [0.4, 0.5) is 0 Å². The summed E-state index contributed by atoms with van der Waals surface area (Å²) in [6.45, 7) is 7.13. The fourth-order valence-electron chi connectivity index (χ4n) is 1.43. The van der Waals surface area contributed by atoms with Crippen molar-refractivity contribution in [2.45, 2.75) is 65.6 Å². The van der Waals surface area contributed by atoms with Gasteiger partial charge in [-0.15, -0.1) is 0 Å². The van der Waals surface area contributed by atoms with Crippen LogP contribution < -0.4 is 0 Å². The number of ether oxygens (including phenoxy) is 2. The molecule has 4 heteroatoms. The molecule has 108 valence electrons. The lowest BCUT2D eigenvalue weighted by Gasteiger charge is -2.11. The Morgan fingerprint density at radius 1 is 1.00 bits per heavy atom. The summed E-state index contributed by atoms with van der Waals surface area (Å²) in [5, 5.41) is 0. The van der Waals surface area contributed by atoms with E-state index < -0.39 is 0 Å². The lowest BCUT2D eigenvalue weighted by Crippen LogP contribution is -2.13. The van der Waals surface area contributed by atoms with E-state index in [1.807, 2.05) is 6.92 Å². The molecule has 2 unspecified atom stereocenters. The van der Waals surface area contributed by atoms with Crippen LogP contribution in [0.2, 0.25) is 0 Å². The molecule has 0 rings (SSSR count). The Morgan fingerprint density at radius 3 is 1.72 bits per heavy atom. The highest BCUT2D eigenvalue weighted by Gasteiger charge is 2.07. The predicted molar refractivity (Wildman–Crippen MR) is 72.8 cm³/mol. The Hall–Kier alpha value is -0.740. The summed E-state index contributed by atoms with van der Waals surface area (Å²) in [5.41, 5.74) is 0. The van der Waals surface area contributed by atoms with Gasteiger partial charge in [0.2, 0.25) is 0 Å². The predicted octanol–water partition coefficient (Wildman–Crippen LogP) is 2.78. The largest absolute Gasteiger partial charge is 0.381 e. The quantitative estimate of drug-likeness (QED) is 0.673. The van der Waals surface area contributed by atoms with Crippen LogP contribution in [0.25, 0.3) is 0 Å². The van der Waals surface area contributed by atoms with Gasteiger partial charge in [-0.25, -0.2) is 0 Å². The fraction of sp³-hybridized carbons (Fsp3) is 0.857. The molecule has 0 saturated heterocycles. The molecule has 0 aliphatic heterocycles. The van der Waals surface area contributed by atoms with Crippen LogP contribution in [-0.4, -0.2) is 38.0 Å². The van der Waals surface area contributed by atoms with Gasteiger partial charge in [-0.3, -0.25) is 9.59 Å². The van der Waals surface area contributed by atoms with Crippen molar-refractivity contribution in [3.05, 3.63) is 0 Å². The molecule has 0 heterocycles. The number of ketones is 2. The van der Waals surface area contributed by atoms with Gasteiger partial charge >= 0.3 is 0 Å². The molecule has 0 spiro atoms. The van der Waals surface area contributed by atoms with E-state index >= 15 is 0 Å². The topological polar surface area (TPSA) is 52.6 Å². The maximum absolute atomic E-state index is 10.6. The Labute approximate surface area is 111 Å². The van der Waals surface area contributed by atoms with Crippen molar-refractivity contribution in [2.24, 2.45) is 0 Å². The van der Waals surface area contributed by atoms with Gasteiger partial charge in [-0.1, -0.05) is 13.3 Å². The number of Topliss-reactive ketones (excluding diaryl/α,β-unsaturated/α-hetero) is 2. The molecule has 0 aromatic heterocycles. The van der Waals surface area contributed by atoms with Crippen molar-refractivity contribution in [2.75, 3.05) is 14.2 Å². The molecule has 0 fully saturated rings. The molecule has 2 atom stereocenters. The number of carbonyl (C=O) groups excluding carboxylic acids is 2. The zero-order valence-corrected chi connectivity index (χ0v) is 12.6. The van der Waals surface area contributed by atoms with Crippen LogP contribution >= 0.6 is 0 Å². The molecule has 4 nitrogen and oxygen atoms in total.